The van der Waals surface area contributed by atoms with Gasteiger partial charge >= 0.3 is 0 Å². The van der Waals surface area contributed by atoms with E-state index < -0.39 is 0 Å². The van der Waals surface area contributed by atoms with Crippen LogP contribution in [0.5, 0.6) is 0 Å². The molecule has 0 aromatic heterocycles. The number of para-hydroxylation sites is 1. The van der Waals surface area contributed by atoms with E-state index >= 15 is 0 Å². The van der Waals surface area contributed by atoms with E-state index in [9.17, 15) is 0 Å². The highest BCUT2D eigenvalue weighted by molar-refractivity contribution is 9.10. The van der Waals surface area contributed by atoms with Crippen LogP contribution in [0.25, 0.3) is 6.08 Å². The molecule has 25 heavy (non-hydrogen) atoms. The first-order valence-electron chi connectivity index (χ1n) is 9.01. The molecule has 2 aliphatic heterocycles. The summed E-state index contributed by atoms with van der Waals surface area (Å²) in [7, 11) is 0. The first kappa shape index (κ1) is 16.9. The van der Waals surface area contributed by atoms with Crippen LogP contribution in [0.4, 0.5) is 5.69 Å². The standard InChI is InChI=1S/C22H25BrN2/c1-16-14-24-22(13-12-17-8-10-18(23)11-9-17)21(2,3)19-6-4-5-7-20(19)25(22)15-16/h4-13,16,24H,14-15H2,1-3H3/b13-12+/t16-,22-/m1/s1. The van der Waals surface area contributed by atoms with Gasteiger partial charge in [0, 0.05) is 28.7 Å². The third-order valence-corrected chi connectivity index (χ3v) is 6.38. The zero-order valence-electron chi connectivity index (χ0n) is 15.1. The number of rotatable bonds is 2. The van der Waals surface area contributed by atoms with Crippen molar-refractivity contribution in [2.24, 2.45) is 5.92 Å². The largest absolute Gasteiger partial charge is 0.349 e. The number of hydrogen-bond acceptors (Lipinski definition) is 2. The number of nitrogens with one attached hydrogen (secondary N) is 1. The molecule has 0 radical (unpaired) electrons. The second-order valence-corrected chi connectivity index (χ2v) is 8.81. The molecule has 3 heteroatoms. The average molecular weight is 397 g/mol. The lowest BCUT2D eigenvalue weighted by atomic mass is 9.74. The fraction of sp³-hybridized carbons (Fsp3) is 0.364. The molecule has 0 spiro atoms. The van der Waals surface area contributed by atoms with Gasteiger partial charge in [-0.1, -0.05) is 73.1 Å². The van der Waals surface area contributed by atoms with E-state index in [4.69, 9.17) is 0 Å². The second kappa shape index (κ2) is 6.00. The summed E-state index contributed by atoms with van der Waals surface area (Å²) in [4.78, 5) is 2.58. The van der Waals surface area contributed by atoms with Crippen LogP contribution in [0, 0.1) is 5.92 Å². The van der Waals surface area contributed by atoms with Crippen LogP contribution >= 0.6 is 15.9 Å². The minimum Gasteiger partial charge on any atom is -0.349 e. The third kappa shape index (κ3) is 2.56. The van der Waals surface area contributed by atoms with Gasteiger partial charge in [-0.15, -0.1) is 0 Å². The summed E-state index contributed by atoms with van der Waals surface area (Å²) in [5.74, 6) is 0.635. The Bertz CT molecular complexity index is 809. The normalized spacial score (nSPS) is 27.4. The van der Waals surface area contributed by atoms with Gasteiger partial charge in [0.15, 0.2) is 0 Å². The van der Waals surface area contributed by atoms with Crippen molar-refractivity contribution in [3.63, 3.8) is 0 Å². The number of hydrogen-bond donors (Lipinski definition) is 1. The number of halogens is 1. The smallest absolute Gasteiger partial charge is 0.120 e. The quantitative estimate of drug-likeness (QED) is 0.750. The molecule has 2 atom stereocenters. The van der Waals surface area contributed by atoms with Crippen LogP contribution in [-0.4, -0.2) is 18.8 Å². The van der Waals surface area contributed by atoms with Crippen molar-refractivity contribution in [3.8, 4) is 0 Å². The Labute approximate surface area is 159 Å². The minimum absolute atomic E-state index is 0.00437. The van der Waals surface area contributed by atoms with Gasteiger partial charge in [-0.05, 0) is 41.3 Å². The lowest BCUT2D eigenvalue weighted by Gasteiger charge is -2.51. The molecule has 2 aromatic rings. The fourth-order valence-electron chi connectivity index (χ4n) is 4.38. The SMILES string of the molecule is C[C@@H]1CN[C@]2(/C=C/c3ccc(Br)cc3)N(C1)c1ccccc1C2(C)C. The van der Waals surface area contributed by atoms with Gasteiger partial charge in [0.1, 0.15) is 5.66 Å². The zero-order chi connectivity index (χ0) is 17.7. The molecule has 2 heterocycles. The van der Waals surface area contributed by atoms with Crippen molar-refractivity contribution in [1.29, 1.82) is 0 Å². The highest BCUT2D eigenvalue weighted by Gasteiger charge is 2.56. The van der Waals surface area contributed by atoms with Crippen molar-refractivity contribution in [2.75, 3.05) is 18.0 Å². The summed E-state index contributed by atoms with van der Waals surface area (Å²) in [6, 6.07) is 17.4. The van der Waals surface area contributed by atoms with E-state index in [1.807, 2.05) is 0 Å². The van der Waals surface area contributed by atoms with Gasteiger partial charge in [0.25, 0.3) is 0 Å². The number of benzene rings is 2. The minimum atomic E-state index is -0.184. The van der Waals surface area contributed by atoms with Crippen LogP contribution < -0.4 is 10.2 Å². The van der Waals surface area contributed by atoms with Crippen molar-refractivity contribution < 1.29 is 0 Å². The molecule has 0 amide bonds. The van der Waals surface area contributed by atoms with E-state index in [2.05, 4.69) is 108 Å². The topological polar surface area (TPSA) is 15.3 Å². The van der Waals surface area contributed by atoms with E-state index in [1.54, 1.807) is 0 Å². The Balaban J connectivity index is 1.81. The van der Waals surface area contributed by atoms with Crippen molar-refractivity contribution >= 4 is 27.7 Å². The van der Waals surface area contributed by atoms with Gasteiger partial charge in [-0.25, -0.2) is 0 Å². The second-order valence-electron chi connectivity index (χ2n) is 7.89. The molecule has 1 N–H and O–H groups in total. The summed E-state index contributed by atoms with van der Waals surface area (Å²) < 4.78 is 1.11. The van der Waals surface area contributed by atoms with E-state index in [1.165, 1.54) is 16.8 Å². The van der Waals surface area contributed by atoms with Crippen LogP contribution in [0.15, 0.2) is 59.1 Å². The van der Waals surface area contributed by atoms with Crippen LogP contribution in [0.2, 0.25) is 0 Å². The van der Waals surface area contributed by atoms with E-state index in [0.29, 0.717) is 5.92 Å². The predicted octanol–water partition coefficient (Wildman–Crippen LogP) is 5.20. The molecular formula is C22H25BrN2. The average Bonchev–Trinajstić information content (AvgIpc) is 2.80. The third-order valence-electron chi connectivity index (χ3n) is 5.85. The maximum atomic E-state index is 3.89. The Hall–Kier alpha value is -1.58. The number of fused-ring (bicyclic) bond motifs is 3. The molecule has 1 fully saturated rings. The maximum absolute atomic E-state index is 3.89. The molecule has 0 bridgehead atoms. The fourth-order valence-corrected chi connectivity index (χ4v) is 4.65. The molecule has 130 valence electrons. The summed E-state index contributed by atoms with van der Waals surface area (Å²) in [6.45, 7) is 9.17. The van der Waals surface area contributed by atoms with E-state index in [-0.39, 0.29) is 11.1 Å². The molecule has 2 nitrogen and oxygen atoms in total. The molecular weight excluding hydrogens is 372 g/mol. The molecule has 0 unspecified atom stereocenters. The summed E-state index contributed by atoms with van der Waals surface area (Å²) in [5, 5.41) is 3.89. The Morgan fingerprint density at radius 2 is 1.84 bits per heavy atom. The Morgan fingerprint density at radius 1 is 1.12 bits per heavy atom. The van der Waals surface area contributed by atoms with Gasteiger partial charge in [-0.3, -0.25) is 5.32 Å². The van der Waals surface area contributed by atoms with Crippen molar-refractivity contribution in [2.45, 2.75) is 31.8 Å². The van der Waals surface area contributed by atoms with E-state index in [0.717, 1.165) is 17.6 Å². The highest BCUT2D eigenvalue weighted by atomic mass is 79.9. The first-order valence-corrected chi connectivity index (χ1v) is 9.80. The lowest BCUT2D eigenvalue weighted by molar-refractivity contribution is 0.213. The maximum Gasteiger partial charge on any atom is 0.120 e. The van der Waals surface area contributed by atoms with Gasteiger partial charge in [0.05, 0.1) is 0 Å². The predicted molar refractivity (Wildman–Crippen MR) is 110 cm³/mol. The summed E-state index contributed by atoms with van der Waals surface area (Å²) >= 11 is 3.52. The van der Waals surface area contributed by atoms with Crippen molar-refractivity contribution in [1.82, 2.24) is 5.32 Å². The van der Waals surface area contributed by atoms with Gasteiger partial charge in [0.2, 0.25) is 0 Å². The summed E-state index contributed by atoms with van der Waals surface area (Å²) in [5.41, 5.74) is 3.83. The van der Waals surface area contributed by atoms with Crippen LogP contribution in [0.3, 0.4) is 0 Å². The van der Waals surface area contributed by atoms with Gasteiger partial charge in [-0.2, -0.15) is 0 Å². The van der Waals surface area contributed by atoms with Gasteiger partial charge < -0.3 is 4.90 Å². The Kier molecular flexibility index (Phi) is 4.04. The molecule has 0 saturated carbocycles. The molecule has 2 aliphatic rings. The number of nitrogens with zero attached hydrogens (tertiary/aromatic N) is 1. The van der Waals surface area contributed by atoms with Crippen LogP contribution in [0.1, 0.15) is 31.9 Å². The molecule has 1 saturated heterocycles. The monoisotopic (exact) mass is 396 g/mol. The number of anilines is 1. The zero-order valence-corrected chi connectivity index (χ0v) is 16.7. The lowest BCUT2D eigenvalue weighted by Crippen LogP contribution is -2.68. The summed E-state index contributed by atoms with van der Waals surface area (Å²) in [6.07, 6.45) is 4.64. The molecule has 2 aromatic carbocycles. The first-order chi connectivity index (χ1) is 11.9. The van der Waals surface area contributed by atoms with Crippen LogP contribution in [-0.2, 0) is 5.41 Å². The molecule has 4 rings (SSSR count). The molecule has 0 aliphatic carbocycles. The Morgan fingerprint density at radius 3 is 2.60 bits per heavy atom. The van der Waals surface area contributed by atoms with Crippen molar-refractivity contribution in [3.05, 3.63) is 70.2 Å². The highest BCUT2D eigenvalue weighted by Crippen LogP contribution is 2.52.